The molecule has 26 heavy (non-hydrogen) atoms. The van der Waals surface area contributed by atoms with Gasteiger partial charge in [0.15, 0.2) is 11.2 Å². The van der Waals surface area contributed by atoms with Crippen LogP contribution >= 0.6 is 24.8 Å². The van der Waals surface area contributed by atoms with Crippen molar-refractivity contribution in [3.63, 3.8) is 0 Å². The first-order valence-electron chi connectivity index (χ1n) is 7.88. The Morgan fingerprint density at radius 3 is 2.50 bits per heavy atom. The number of nitrogens with one attached hydrogen (secondary N) is 1. The van der Waals surface area contributed by atoms with Gasteiger partial charge in [0.05, 0.1) is 11.6 Å². The van der Waals surface area contributed by atoms with E-state index in [9.17, 15) is 0 Å². The smallest absolute Gasteiger partial charge is 0.298 e. The van der Waals surface area contributed by atoms with Crippen LogP contribution in [0.2, 0.25) is 0 Å². The van der Waals surface area contributed by atoms with Crippen molar-refractivity contribution in [1.29, 1.82) is 0 Å². The van der Waals surface area contributed by atoms with Gasteiger partial charge in [0.1, 0.15) is 5.52 Å². The zero-order chi connectivity index (χ0) is 15.9. The second-order valence-electron chi connectivity index (χ2n) is 5.78. The van der Waals surface area contributed by atoms with Crippen molar-refractivity contribution in [3.05, 3.63) is 36.7 Å². The highest BCUT2D eigenvalue weighted by molar-refractivity contribution is 5.85. The van der Waals surface area contributed by atoms with Gasteiger partial charge in [-0.05, 0) is 12.1 Å². The summed E-state index contributed by atoms with van der Waals surface area (Å²) in [5, 5.41) is 7.79. The Morgan fingerprint density at radius 1 is 0.923 bits per heavy atom. The van der Waals surface area contributed by atoms with Crippen LogP contribution in [0.5, 0.6) is 0 Å². The standard InChI is InChI=1S/C16H15N7O.2ClH/c1-2-4-13-12(3-1)19-16(24-13)23-7-5-22(6-8-23)15-17-9-11-10-18-21-14(11)20-15;;/h1-4,9-10H,5-8H2,(H,17,18,20,21);2*1H. The first-order valence-corrected chi connectivity index (χ1v) is 7.88. The average Bonchev–Trinajstić information content (AvgIpc) is 3.27. The van der Waals surface area contributed by atoms with Gasteiger partial charge >= 0.3 is 0 Å². The van der Waals surface area contributed by atoms with Crippen LogP contribution in [-0.2, 0) is 0 Å². The number of hydrogen-bond acceptors (Lipinski definition) is 7. The third kappa shape index (κ3) is 3.13. The number of aromatic amines is 1. The van der Waals surface area contributed by atoms with Crippen molar-refractivity contribution in [3.8, 4) is 0 Å². The average molecular weight is 394 g/mol. The maximum Gasteiger partial charge on any atom is 0.298 e. The number of H-pyrrole nitrogens is 1. The SMILES string of the molecule is Cl.Cl.c1ccc2oc(N3CCN(c4ncc5cn[nH]c5n4)CC3)nc2c1. The molecule has 5 rings (SSSR count). The number of benzene rings is 1. The summed E-state index contributed by atoms with van der Waals surface area (Å²) in [6.07, 6.45) is 3.53. The van der Waals surface area contributed by atoms with Crippen molar-refractivity contribution < 1.29 is 4.42 Å². The van der Waals surface area contributed by atoms with E-state index in [-0.39, 0.29) is 24.8 Å². The molecule has 1 saturated heterocycles. The van der Waals surface area contributed by atoms with Crippen LogP contribution in [0.25, 0.3) is 22.1 Å². The lowest BCUT2D eigenvalue weighted by Gasteiger charge is -2.33. The maximum atomic E-state index is 5.85. The molecule has 1 aliphatic heterocycles. The second-order valence-corrected chi connectivity index (χ2v) is 5.78. The van der Waals surface area contributed by atoms with Gasteiger partial charge in [-0.1, -0.05) is 12.1 Å². The molecule has 1 aliphatic rings. The highest BCUT2D eigenvalue weighted by Gasteiger charge is 2.22. The molecule has 4 aromatic rings. The Bertz CT molecular complexity index is 967. The van der Waals surface area contributed by atoms with Crippen molar-refractivity contribution in [2.24, 2.45) is 0 Å². The number of halogens is 2. The number of rotatable bonds is 2. The van der Waals surface area contributed by atoms with Crippen LogP contribution in [0, 0.1) is 0 Å². The Labute approximate surface area is 161 Å². The maximum absolute atomic E-state index is 5.85. The minimum Gasteiger partial charge on any atom is -0.423 e. The lowest BCUT2D eigenvalue weighted by molar-refractivity contribution is 0.539. The quantitative estimate of drug-likeness (QED) is 0.559. The molecular formula is C16H17Cl2N7O. The number of oxazole rings is 1. The van der Waals surface area contributed by atoms with Crippen LogP contribution in [-0.4, -0.2) is 51.3 Å². The van der Waals surface area contributed by atoms with Crippen molar-refractivity contribution >= 4 is 58.9 Å². The van der Waals surface area contributed by atoms with E-state index in [1.807, 2.05) is 24.3 Å². The second kappa shape index (κ2) is 7.35. The third-order valence-electron chi connectivity index (χ3n) is 4.29. The summed E-state index contributed by atoms with van der Waals surface area (Å²) >= 11 is 0. The number of aromatic nitrogens is 5. The summed E-state index contributed by atoms with van der Waals surface area (Å²) in [6, 6.07) is 8.51. The molecule has 136 valence electrons. The molecule has 0 aliphatic carbocycles. The fraction of sp³-hybridized carbons (Fsp3) is 0.250. The molecule has 3 aromatic heterocycles. The Morgan fingerprint density at radius 2 is 1.69 bits per heavy atom. The summed E-state index contributed by atoms with van der Waals surface area (Å²) in [4.78, 5) is 17.9. The van der Waals surface area contributed by atoms with Crippen LogP contribution < -0.4 is 9.80 Å². The molecule has 1 N–H and O–H groups in total. The van der Waals surface area contributed by atoms with Crippen molar-refractivity contribution in [1.82, 2.24) is 25.1 Å². The van der Waals surface area contributed by atoms with E-state index in [2.05, 4.69) is 34.9 Å². The molecule has 0 spiro atoms. The van der Waals surface area contributed by atoms with Gasteiger partial charge in [-0.25, -0.2) is 4.98 Å². The van der Waals surface area contributed by atoms with E-state index in [0.717, 1.165) is 54.3 Å². The molecule has 0 radical (unpaired) electrons. The Balaban J connectivity index is 0.000000980. The number of piperazine rings is 1. The topological polar surface area (TPSA) is 87.0 Å². The summed E-state index contributed by atoms with van der Waals surface area (Å²) in [5.74, 6) is 0.726. The molecule has 8 nitrogen and oxygen atoms in total. The molecule has 10 heteroatoms. The van der Waals surface area contributed by atoms with Crippen molar-refractivity contribution in [2.45, 2.75) is 0 Å². The molecule has 0 unspecified atom stereocenters. The fourth-order valence-corrected chi connectivity index (χ4v) is 2.97. The molecule has 0 saturated carbocycles. The van der Waals surface area contributed by atoms with Crippen LogP contribution in [0.4, 0.5) is 12.0 Å². The predicted molar refractivity (Wildman–Crippen MR) is 105 cm³/mol. The zero-order valence-electron chi connectivity index (χ0n) is 13.7. The molecule has 0 atom stereocenters. The van der Waals surface area contributed by atoms with E-state index < -0.39 is 0 Å². The van der Waals surface area contributed by atoms with Gasteiger partial charge in [0.25, 0.3) is 6.01 Å². The highest BCUT2D eigenvalue weighted by atomic mass is 35.5. The normalized spacial score (nSPS) is 14.3. The van der Waals surface area contributed by atoms with E-state index in [1.54, 1.807) is 12.4 Å². The summed E-state index contributed by atoms with van der Waals surface area (Å²) in [5.41, 5.74) is 2.48. The molecule has 1 fully saturated rings. The first kappa shape index (κ1) is 18.2. The molecular weight excluding hydrogens is 377 g/mol. The number of para-hydroxylation sites is 2. The lowest BCUT2D eigenvalue weighted by atomic mass is 10.3. The molecule has 0 bridgehead atoms. The van der Waals surface area contributed by atoms with Gasteiger partial charge in [0, 0.05) is 32.4 Å². The van der Waals surface area contributed by atoms with Gasteiger partial charge in [-0.2, -0.15) is 15.1 Å². The lowest BCUT2D eigenvalue weighted by Crippen LogP contribution is -2.47. The zero-order valence-corrected chi connectivity index (χ0v) is 15.3. The van der Waals surface area contributed by atoms with Crippen LogP contribution in [0.1, 0.15) is 0 Å². The van der Waals surface area contributed by atoms with Crippen LogP contribution in [0.3, 0.4) is 0 Å². The van der Waals surface area contributed by atoms with Gasteiger partial charge in [-0.15, -0.1) is 24.8 Å². The molecule has 0 amide bonds. The predicted octanol–water partition coefficient (Wildman–Crippen LogP) is 2.66. The first-order chi connectivity index (χ1) is 11.9. The largest absolute Gasteiger partial charge is 0.423 e. The number of hydrogen-bond donors (Lipinski definition) is 1. The van der Waals surface area contributed by atoms with E-state index in [1.165, 1.54) is 0 Å². The van der Waals surface area contributed by atoms with E-state index in [0.29, 0.717) is 6.01 Å². The minimum atomic E-state index is 0. The molecule has 1 aromatic carbocycles. The highest BCUT2D eigenvalue weighted by Crippen LogP contribution is 2.23. The summed E-state index contributed by atoms with van der Waals surface area (Å²) in [6.45, 7) is 3.27. The minimum absolute atomic E-state index is 0. The molecule has 4 heterocycles. The van der Waals surface area contributed by atoms with Gasteiger partial charge in [-0.3, -0.25) is 5.10 Å². The summed E-state index contributed by atoms with van der Waals surface area (Å²) in [7, 11) is 0. The number of anilines is 2. The summed E-state index contributed by atoms with van der Waals surface area (Å²) < 4.78 is 5.85. The van der Waals surface area contributed by atoms with Gasteiger partial charge in [0.2, 0.25) is 5.95 Å². The number of nitrogens with zero attached hydrogens (tertiary/aromatic N) is 6. The Kier molecular flexibility index (Phi) is 5.15. The van der Waals surface area contributed by atoms with E-state index in [4.69, 9.17) is 4.42 Å². The monoisotopic (exact) mass is 393 g/mol. The fourth-order valence-electron chi connectivity index (χ4n) is 2.97. The van der Waals surface area contributed by atoms with Crippen molar-refractivity contribution in [2.75, 3.05) is 36.0 Å². The van der Waals surface area contributed by atoms with Gasteiger partial charge < -0.3 is 14.2 Å². The van der Waals surface area contributed by atoms with E-state index >= 15 is 0 Å². The third-order valence-corrected chi connectivity index (χ3v) is 4.29. The Hall–Kier alpha value is -2.58. The van der Waals surface area contributed by atoms with Crippen LogP contribution in [0.15, 0.2) is 41.1 Å². The number of fused-ring (bicyclic) bond motifs is 2.